The summed E-state index contributed by atoms with van der Waals surface area (Å²) in [6, 6.07) is 3.82. The van der Waals surface area contributed by atoms with Gasteiger partial charge in [-0.3, -0.25) is 0 Å². The molecular weight excluding hydrogens is 180 g/mol. The zero-order chi connectivity index (χ0) is 9.97. The number of nitrogens with one attached hydrogen (secondary N) is 1. The minimum atomic E-state index is 0.235. The molecule has 0 radical (unpaired) electrons. The molecule has 0 fully saturated rings. The van der Waals surface area contributed by atoms with E-state index in [2.05, 4.69) is 20.4 Å². The van der Waals surface area contributed by atoms with Crippen molar-refractivity contribution in [3.63, 3.8) is 0 Å². The molecule has 14 heavy (non-hydrogen) atoms. The van der Waals surface area contributed by atoms with Crippen molar-refractivity contribution >= 4 is 11.6 Å². The lowest BCUT2D eigenvalue weighted by molar-refractivity contribution is 0.928. The van der Waals surface area contributed by atoms with E-state index in [9.17, 15) is 0 Å². The first-order valence-electron chi connectivity index (χ1n) is 4.09. The van der Waals surface area contributed by atoms with Crippen LogP contribution in [0.5, 0.6) is 0 Å². The lowest BCUT2D eigenvalue weighted by Gasteiger charge is -2.04. The Balaban J connectivity index is 2.51. The summed E-state index contributed by atoms with van der Waals surface area (Å²) in [5.41, 5.74) is 0.839. The number of hydrogen-bond donors (Lipinski definition) is 1. The second-order valence-corrected chi connectivity index (χ2v) is 2.77. The van der Waals surface area contributed by atoms with Gasteiger partial charge in [-0.1, -0.05) is 0 Å². The number of rotatable bonds is 2. The predicted molar refractivity (Wildman–Crippen MR) is 49.6 cm³/mol. The van der Waals surface area contributed by atoms with Crippen molar-refractivity contribution < 1.29 is 0 Å². The number of nitriles is 1. The Kier molecular flexibility index (Phi) is 1.99. The maximum Gasteiger partial charge on any atom is 0.254 e. The van der Waals surface area contributed by atoms with Gasteiger partial charge in [-0.2, -0.15) is 19.9 Å². The summed E-state index contributed by atoms with van der Waals surface area (Å²) < 4.78 is 1.56. The highest BCUT2D eigenvalue weighted by Crippen LogP contribution is 2.08. The van der Waals surface area contributed by atoms with Crippen molar-refractivity contribution in [2.45, 2.75) is 6.92 Å². The van der Waals surface area contributed by atoms with Crippen LogP contribution in [0.25, 0.3) is 5.78 Å². The molecule has 0 spiro atoms. The van der Waals surface area contributed by atoms with Crippen molar-refractivity contribution in [3.05, 3.63) is 18.1 Å². The van der Waals surface area contributed by atoms with Crippen LogP contribution in [-0.4, -0.2) is 26.1 Å². The lowest BCUT2D eigenvalue weighted by atomic mass is 10.4. The maximum absolute atomic E-state index is 8.45. The molecule has 0 bridgehead atoms. The number of aryl methyl sites for hydroxylation is 1. The van der Waals surface area contributed by atoms with E-state index in [0.717, 1.165) is 11.5 Å². The third kappa shape index (κ3) is 1.35. The van der Waals surface area contributed by atoms with Gasteiger partial charge < -0.3 is 5.32 Å². The standard InChI is InChI=1S/C8H8N6/c1-6-4-7(10-3-2-9)14-8(13-6)11-5-12-14/h4-5,10H,3H2,1H3. The normalized spacial score (nSPS) is 10.0. The van der Waals surface area contributed by atoms with Gasteiger partial charge in [-0.25, -0.2) is 4.98 Å². The Labute approximate surface area is 80.2 Å². The molecule has 0 amide bonds. The summed E-state index contributed by atoms with van der Waals surface area (Å²) in [5.74, 6) is 1.26. The highest BCUT2D eigenvalue weighted by Gasteiger charge is 2.03. The van der Waals surface area contributed by atoms with Gasteiger partial charge in [0, 0.05) is 11.8 Å². The molecule has 0 saturated heterocycles. The van der Waals surface area contributed by atoms with Crippen LogP contribution < -0.4 is 5.32 Å². The molecule has 6 nitrogen and oxygen atoms in total. The zero-order valence-electron chi connectivity index (χ0n) is 7.60. The molecule has 6 heteroatoms. The average molecular weight is 188 g/mol. The fourth-order valence-corrected chi connectivity index (χ4v) is 1.19. The third-order valence-corrected chi connectivity index (χ3v) is 1.73. The number of fused-ring (bicyclic) bond motifs is 1. The Bertz CT molecular complexity index is 494. The highest BCUT2D eigenvalue weighted by molar-refractivity contribution is 5.45. The topological polar surface area (TPSA) is 78.9 Å². The van der Waals surface area contributed by atoms with Crippen molar-refractivity contribution in [1.82, 2.24) is 19.6 Å². The first-order chi connectivity index (χ1) is 6.81. The van der Waals surface area contributed by atoms with E-state index in [1.165, 1.54) is 6.33 Å². The van der Waals surface area contributed by atoms with Crippen LogP contribution in [0.1, 0.15) is 5.69 Å². The maximum atomic E-state index is 8.45. The molecule has 0 aliphatic rings. The van der Waals surface area contributed by atoms with Gasteiger partial charge in [0.05, 0.1) is 6.07 Å². The van der Waals surface area contributed by atoms with Gasteiger partial charge in [0.1, 0.15) is 18.7 Å². The van der Waals surface area contributed by atoms with Crippen LogP contribution in [0.4, 0.5) is 5.82 Å². The first kappa shape index (κ1) is 8.44. The summed E-state index contributed by atoms with van der Waals surface area (Å²) in [7, 11) is 0. The lowest BCUT2D eigenvalue weighted by Crippen LogP contribution is -2.06. The van der Waals surface area contributed by atoms with Crippen molar-refractivity contribution in [3.8, 4) is 6.07 Å². The van der Waals surface area contributed by atoms with Crippen LogP contribution in [-0.2, 0) is 0 Å². The molecule has 0 aromatic carbocycles. The molecule has 1 N–H and O–H groups in total. The van der Waals surface area contributed by atoms with Crippen LogP contribution in [0.2, 0.25) is 0 Å². The van der Waals surface area contributed by atoms with Gasteiger partial charge in [-0.15, -0.1) is 0 Å². The molecule has 70 valence electrons. The Hall–Kier alpha value is -2.16. The van der Waals surface area contributed by atoms with Gasteiger partial charge >= 0.3 is 0 Å². The predicted octanol–water partition coefficient (Wildman–Crippen LogP) is 0.368. The summed E-state index contributed by atoms with van der Waals surface area (Å²) >= 11 is 0. The average Bonchev–Trinajstić information content (AvgIpc) is 2.61. The fourth-order valence-electron chi connectivity index (χ4n) is 1.19. The molecule has 2 aromatic rings. The second-order valence-electron chi connectivity index (χ2n) is 2.77. The summed E-state index contributed by atoms with van der Waals surface area (Å²) in [4.78, 5) is 8.14. The molecule has 0 unspecified atom stereocenters. The van der Waals surface area contributed by atoms with E-state index in [4.69, 9.17) is 5.26 Å². The van der Waals surface area contributed by atoms with Crippen LogP contribution in [0.3, 0.4) is 0 Å². The number of nitrogens with zero attached hydrogens (tertiary/aromatic N) is 5. The van der Waals surface area contributed by atoms with Gasteiger partial charge in [-0.05, 0) is 6.92 Å². The van der Waals surface area contributed by atoms with Crippen LogP contribution in [0, 0.1) is 18.3 Å². The molecule has 2 heterocycles. The van der Waals surface area contributed by atoms with E-state index in [-0.39, 0.29) is 6.54 Å². The van der Waals surface area contributed by atoms with Gasteiger partial charge in [0.15, 0.2) is 0 Å². The quantitative estimate of drug-likeness (QED) is 0.689. The van der Waals surface area contributed by atoms with E-state index in [0.29, 0.717) is 5.78 Å². The second kappa shape index (κ2) is 3.30. The highest BCUT2D eigenvalue weighted by atomic mass is 15.3. The minimum Gasteiger partial charge on any atom is -0.357 e. The SMILES string of the molecule is Cc1cc(NCC#N)n2ncnc2n1. The molecule has 0 aliphatic carbocycles. The molecule has 0 saturated carbocycles. The summed E-state index contributed by atoms with van der Waals surface area (Å²) in [5, 5.41) is 15.4. The first-order valence-corrected chi connectivity index (χ1v) is 4.09. The monoisotopic (exact) mass is 188 g/mol. The smallest absolute Gasteiger partial charge is 0.254 e. The molecule has 0 atom stereocenters. The van der Waals surface area contributed by atoms with E-state index >= 15 is 0 Å². The molecular formula is C8H8N6. The molecule has 0 aliphatic heterocycles. The van der Waals surface area contributed by atoms with Crippen molar-refractivity contribution in [2.75, 3.05) is 11.9 Å². The Morgan fingerprint density at radius 3 is 3.29 bits per heavy atom. The molecule has 2 rings (SSSR count). The number of aromatic nitrogens is 4. The summed E-state index contributed by atoms with van der Waals surface area (Å²) in [6.45, 7) is 2.10. The molecule has 2 aromatic heterocycles. The largest absolute Gasteiger partial charge is 0.357 e. The Morgan fingerprint density at radius 1 is 1.64 bits per heavy atom. The van der Waals surface area contributed by atoms with E-state index in [1.807, 2.05) is 19.1 Å². The van der Waals surface area contributed by atoms with Crippen molar-refractivity contribution in [1.29, 1.82) is 5.26 Å². The third-order valence-electron chi connectivity index (χ3n) is 1.73. The number of anilines is 1. The van der Waals surface area contributed by atoms with Gasteiger partial charge in [0.2, 0.25) is 0 Å². The minimum absolute atomic E-state index is 0.235. The van der Waals surface area contributed by atoms with E-state index in [1.54, 1.807) is 4.52 Å². The van der Waals surface area contributed by atoms with Crippen LogP contribution >= 0.6 is 0 Å². The zero-order valence-corrected chi connectivity index (χ0v) is 7.60. The van der Waals surface area contributed by atoms with Crippen molar-refractivity contribution in [2.24, 2.45) is 0 Å². The van der Waals surface area contributed by atoms with E-state index < -0.39 is 0 Å². The van der Waals surface area contributed by atoms with Gasteiger partial charge in [0.25, 0.3) is 5.78 Å². The fraction of sp³-hybridized carbons (Fsp3) is 0.250. The summed E-state index contributed by atoms with van der Waals surface area (Å²) in [6.07, 6.45) is 1.43. The Morgan fingerprint density at radius 2 is 2.50 bits per heavy atom. The number of hydrogen-bond acceptors (Lipinski definition) is 5. The van der Waals surface area contributed by atoms with Crippen LogP contribution in [0.15, 0.2) is 12.4 Å².